The van der Waals surface area contributed by atoms with Crippen LogP contribution >= 0.6 is 0 Å². The summed E-state index contributed by atoms with van der Waals surface area (Å²) in [7, 11) is 0. The van der Waals surface area contributed by atoms with Gasteiger partial charge in [0.1, 0.15) is 10.6 Å². The van der Waals surface area contributed by atoms with E-state index in [0.717, 1.165) is 16.8 Å². The standard InChI is InChI=1S/C23H19N5O5/c1-2-32-23(29)25-24-14-18-15-27(26-22(18)20-12-13-21(33-20)28(30)31)19-10-8-17(9-11-19)16-6-4-3-5-7-16/h3-15H,2H2,1H3,(H,25,29). The smallest absolute Gasteiger partial charge is 0.433 e. The van der Waals surface area contributed by atoms with Crippen LogP contribution in [0.15, 0.2) is 82.4 Å². The van der Waals surface area contributed by atoms with Gasteiger partial charge in [-0.1, -0.05) is 42.5 Å². The van der Waals surface area contributed by atoms with E-state index in [2.05, 4.69) is 15.6 Å². The Kier molecular flexibility index (Phi) is 6.26. The highest BCUT2D eigenvalue weighted by Crippen LogP contribution is 2.28. The summed E-state index contributed by atoms with van der Waals surface area (Å²) >= 11 is 0. The second-order valence-electron chi connectivity index (χ2n) is 6.78. The molecule has 0 bridgehead atoms. The molecule has 10 heteroatoms. The Labute approximate surface area is 188 Å². The maximum Gasteiger partial charge on any atom is 0.433 e. The number of carbonyl (C=O) groups excluding carboxylic acids is 1. The quantitative estimate of drug-likeness (QED) is 0.248. The summed E-state index contributed by atoms with van der Waals surface area (Å²) in [6.45, 7) is 1.89. The van der Waals surface area contributed by atoms with Crippen LogP contribution in [0, 0.1) is 10.1 Å². The van der Waals surface area contributed by atoms with Crippen molar-refractivity contribution in [1.29, 1.82) is 0 Å². The van der Waals surface area contributed by atoms with Crippen molar-refractivity contribution in [3.8, 4) is 28.3 Å². The summed E-state index contributed by atoms with van der Waals surface area (Å²) in [6.07, 6.45) is 2.34. The summed E-state index contributed by atoms with van der Waals surface area (Å²) in [5, 5.41) is 19.4. The first-order valence-electron chi connectivity index (χ1n) is 10.0. The number of benzene rings is 2. The molecule has 2 aromatic heterocycles. The van der Waals surface area contributed by atoms with Crippen LogP contribution in [0.3, 0.4) is 0 Å². The Balaban J connectivity index is 1.67. The predicted octanol–water partition coefficient (Wildman–Crippen LogP) is 4.79. The summed E-state index contributed by atoms with van der Waals surface area (Å²) in [5.74, 6) is -0.210. The largest absolute Gasteiger partial charge is 0.449 e. The Hall–Kier alpha value is -4.73. The number of nitrogens with zero attached hydrogens (tertiary/aromatic N) is 4. The van der Waals surface area contributed by atoms with Crippen molar-refractivity contribution in [2.75, 3.05) is 6.61 Å². The van der Waals surface area contributed by atoms with Crippen molar-refractivity contribution in [3.63, 3.8) is 0 Å². The molecular formula is C23H19N5O5. The Bertz CT molecular complexity index is 1290. The Morgan fingerprint density at radius 2 is 1.88 bits per heavy atom. The van der Waals surface area contributed by atoms with E-state index in [1.165, 1.54) is 18.3 Å². The normalized spacial score (nSPS) is 10.9. The number of carbonyl (C=O) groups is 1. The number of ether oxygens (including phenoxy) is 1. The van der Waals surface area contributed by atoms with Crippen molar-refractivity contribution >= 4 is 18.2 Å². The van der Waals surface area contributed by atoms with Gasteiger partial charge in [-0.15, -0.1) is 0 Å². The number of furan rings is 1. The molecule has 10 nitrogen and oxygen atoms in total. The molecule has 0 aliphatic rings. The lowest BCUT2D eigenvalue weighted by molar-refractivity contribution is -0.401. The lowest BCUT2D eigenvalue weighted by atomic mass is 10.1. The minimum Gasteiger partial charge on any atom is -0.449 e. The fraction of sp³-hybridized carbons (Fsp3) is 0.0870. The SMILES string of the molecule is CCOC(=O)NN=Cc1cn(-c2ccc(-c3ccccc3)cc2)nc1-c1ccc([N+](=O)[O-])o1. The van der Waals surface area contributed by atoms with Gasteiger partial charge in [0.2, 0.25) is 0 Å². The third kappa shape index (κ3) is 4.96. The molecule has 4 rings (SSSR count). The van der Waals surface area contributed by atoms with Crippen molar-refractivity contribution in [3.05, 3.63) is 88.6 Å². The molecule has 0 radical (unpaired) electrons. The van der Waals surface area contributed by atoms with Gasteiger partial charge in [0, 0.05) is 11.8 Å². The van der Waals surface area contributed by atoms with Gasteiger partial charge in [0.25, 0.3) is 0 Å². The number of hydrogen-bond acceptors (Lipinski definition) is 7. The van der Waals surface area contributed by atoms with Crippen molar-refractivity contribution in [1.82, 2.24) is 15.2 Å². The number of hydrogen-bond donors (Lipinski definition) is 1. The summed E-state index contributed by atoms with van der Waals surface area (Å²) in [4.78, 5) is 21.9. The fourth-order valence-electron chi connectivity index (χ4n) is 3.11. The van der Waals surface area contributed by atoms with Gasteiger partial charge in [-0.25, -0.2) is 14.9 Å². The van der Waals surface area contributed by atoms with Gasteiger partial charge in [-0.05, 0) is 36.2 Å². The van der Waals surface area contributed by atoms with Crippen LogP contribution in [0.5, 0.6) is 0 Å². The van der Waals surface area contributed by atoms with Crippen LogP contribution in [-0.2, 0) is 4.74 Å². The third-order valence-corrected chi connectivity index (χ3v) is 4.62. The second-order valence-corrected chi connectivity index (χ2v) is 6.78. The first kappa shape index (κ1) is 21.5. The van der Waals surface area contributed by atoms with Crippen LogP contribution < -0.4 is 5.43 Å². The third-order valence-electron chi connectivity index (χ3n) is 4.62. The molecule has 0 aliphatic heterocycles. The second kappa shape index (κ2) is 9.60. The summed E-state index contributed by atoms with van der Waals surface area (Å²) in [6, 6.07) is 20.4. The molecule has 2 heterocycles. The molecule has 166 valence electrons. The van der Waals surface area contributed by atoms with E-state index >= 15 is 0 Å². The topological polar surface area (TPSA) is 125 Å². The number of aromatic nitrogens is 2. The monoisotopic (exact) mass is 445 g/mol. The van der Waals surface area contributed by atoms with Crippen molar-refractivity contribution < 1.29 is 18.9 Å². The van der Waals surface area contributed by atoms with Gasteiger partial charge in [-0.3, -0.25) is 10.1 Å². The molecule has 4 aromatic rings. The molecule has 0 saturated heterocycles. The van der Waals surface area contributed by atoms with E-state index in [1.54, 1.807) is 17.8 Å². The molecule has 0 spiro atoms. The van der Waals surface area contributed by atoms with Gasteiger partial charge < -0.3 is 9.15 Å². The molecule has 0 atom stereocenters. The average molecular weight is 445 g/mol. The molecule has 0 unspecified atom stereocenters. The van der Waals surface area contributed by atoms with Crippen LogP contribution in [0.1, 0.15) is 12.5 Å². The number of hydrazone groups is 1. The van der Waals surface area contributed by atoms with E-state index in [-0.39, 0.29) is 12.4 Å². The van der Waals surface area contributed by atoms with Crippen LogP contribution in [0.2, 0.25) is 0 Å². The minimum absolute atomic E-state index is 0.193. The number of rotatable bonds is 7. The lowest BCUT2D eigenvalue weighted by Gasteiger charge is -2.04. The molecule has 1 N–H and O–H groups in total. The fourth-order valence-corrected chi connectivity index (χ4v) is 3.11. The first-order chi connectivity index (χ1) is 16.0. The van der Waals surface area contributed by atoms with Crippen LogP contribution in [0.4, 0.5) is 10.7 Å². The molecular weight excluding hydrogens is 426 g/mol. The van der Waals surface area contributed by atoms with Gasteiger partial charge in [0.15, 0.2) is 5.76 Å². The molecule has 33 heavy (non-hydrogen) atoms. The first-order valence-corrected chi connectivity index (χ1v) is 10.0. The molecule has 1 amide bonds. The van der Waals surface area contributed by atoms with E-state index in [0.29, 0.717) is 11.3 Å². The molecule has 0 aliphatic carbocycles. The highest BCUT2D eigenvalue weighted by atomic mass is 16.6. The number of nitro groups is 1. The number of amides is 1. The Morgan fingerprint density at radius 3 is 2.55 bits per heavy atom. The van der Waals surface area contributed by atoms with Crippen LogP contribution in [0.25, 0.3) is 28.3 Å². The average Bonchev–Trinajstić information content (AvgIpc) is 3.48. The van der Waals surface area contributed by atoms with E-state index < -0.39 is 16.9 Å². The zero-order valence-electron chi connectivity index (χ0n) is 17.5. The molecule has 2 aromatic carbocycles. The molecule has 0 fully saturated rings. The predicted molar refractivity (Wildman–Crippen MR) is 121 cm³/mol. The Morgan fingerprint density at radius 1 is 1.15 bits per heavy atom. The van der Waals surface area contributed by atoms with Gasteiger partial charge in [0.05, 0.1) is 24.6 Å². The van der Waals surface area contributed by atoms with Gasteiger partial charge in [-0.2, -0.15) is 10.2 Å². The lowest BCUT2D eigenvalue weighted by Crippen LogP contribution is -2.18. The minimum atomic E-state index is -0.701. The van der Waals surface area contributed by atoms with Gasteiger partial charge >= 0.3 is 12.0 Å². The van der Waals surface area contributed by atoms with Crippen molar-refractivity contribution in [2.24, 2.45) is 5.10 Å². The summed E-state index contributed by atoms with van der Waals surface area (Å²) in [5.41, 5.74) is 5.94. The maximum atomic E-state index is 11.5. The summed E-state index contributed by atoms with van der Waals surface area (Å²) < 4.78 is 11.7. The van der Waals surface area contributed by atoms with E-state index in [4.69, 9.17) is 9.15 Å². The molecule has 0 saturated carbocycles. The van der Waals surface area contributed by atoms with Crippen LogP contribution in [-0.4, -0.2) is 33.6 Å². The van der Waals surface area contributed by atoms with E-state index in [9.17, 15) is 14.9 Å². The highest BCUT2D eigenvalue weighted by Gasteiger charge is 2.19. The maximum absolute atomic E-state index is 11.5. The van der Waals surface area contributed by atoms with Crippen molar-refractivity contribution in [2.45, 2.75) is 6.92 Å². The van der Waals surface area contributed by atoms with E-state index in [1.807, 2.05) is 54.6 Å². The highest BCUT2D eigenvalue weighted by molar-refractivity contribution is 5.88. The number of nitrogens with one attached hydrogen (secondary N) is 1. The zero-order chi connectivity index (χ0) is 23.2. The zero-order valence-corrected chi connectivity index (χ0v) is 17.5.